The fourth-order valence-corrected chi connectivity index (χ4v) is 0.196. The number of aliphatic hydroxyl groups is 1. The van der Waals surface area contributed by atoms with Gasteiger partial charge in [0.2, 0.25) is 0 Å². The van der Waals surface area contributed by atoms with Gasteiger partial charge in [0.15, 0.2) is 0 Å². The smallest absolute Gasteiger partial charge is 0.104 e. The fourth-order valence-electron chi connectivity index (χ4n) is 0.196. The van der Waals surface area contributed by atoms with Gasteiger partial charge in [-0.1, -0.05) is 25.5 Å². The van der Waals surface area contributed by atoms with Crippen LogP contribution in [0.15, 0.2) is 0 Å². The van der Waals surface area contributed by atoms with E-state index in [-0.39, 0.29) is 0 Å². The van der Waals surface area contributed by atoms with E-state index in [0.29, 0.717) is 0 Å². The molecule has 0 heterocycles. The molecule has 0 aliphatic carbocycles. The summed E-state index contributed by atoms with van der Waals surface area (Å²) in [5.41, 5.74) is 0. The first-order chi connectivity index (χ1) is 10.1. The number of nitrogens with zero attached hydrogens (tertiary/aromatic N) is 1. The van der Waals surface area contributed by atoms with E-state index in [2.05, 4.69) is 0 Å². The van der Waals surface area contributed by atoms with Gasteiger partial charge in [0.05, 0.1) is 12.0 Å². The summed E-state index contributed by atoms with van der Waals surface area (Å²) in [6.45, 7) is -21.8. The van der Waals surface area contributed by atoms with Gasteiger partial charge in [-0.2, -0.15) is 0 Å². The van der Waals surface area contributed by atoms with Crippen LogP contribution in [0.5, 0.6) is 0 Å². The molecule has 0 rings (SSSR count). The van der Waals surface area contributed by atoms with E-state index in [1.807, 2.05) is 0 Å². The average Bonchev–Trinajstić information content (AvgIpc) is 2.21. The molecule has 0 aromatic rings. The third-order valence-electron chi connectivity index (χ3n) is 0.510. The minimum absolute atomic E-state index is 0.730. The molecule has 0 saturated carbocycles. The van der Waals surface area contributed by atoms with E-state index >= 15 is 0 Å². The number of hydrogen-bond donors (Lipinski definition) is 1. The van der Waals surface area contributed by atoms with Gasteiger partial charge in [0, 0.05) is 13.7 Å². The van der Waals surface area contributed by atoms with Crippen molar-refractivity contribution in [3.63, 3.8) is 0 Å². The van der Waals surface area contributed by atoms with Crippen LogP contribution < -0.4 is 0 Å². The zero-order chi connectivity index (χ0) is 20.0. The Bertz CT molecular complexity index is 488. The van der Waals surface area contributed by atoms with Crippen molar-refractivity contribution in [2.75, 3.05) is 26.0 Å². The van der Waals surface area contributed by atoms with Crippen molar-refractivity contribution < 1.29 is 24.3 Å². The second-order valence-corrected chi connectivity index (χ2v) is 1.03. The lowest BCUT2D eigenvalue weighted by atomic mass is 10.4. The topological polar surface area (TPSA) is 23.5 Å². The summed E-state index contributed by atoms with van der Waals surface area (Å²) in [5.74, 6) is 2.67. The predicted octanol–water partition coefficient (Wildman–Crippen LogP) is 0.324. The largest absolute Gasteiger partial charge is 0.384 e. The van der Waals surface area contributed by atoms with Gasteiger partial charge in [0.25, 0.3) is 0 Å². The van der Waals surface area contributed by atoms with Crippen LogP contribution in [0.2, 0.25) is 0 Å². The van der Waals surface area contributed by atoms with E-state index in [1.54, 1.807) is 0 Å². The first kappa shape index (κ1) is 1.35. The lowest BCUT2D eigenvalue weighted by Gasteiger charge is -2.12. The van der Waals surface area contributed by atoms with Crippen molar-refractivity contribution in [3.8, 4) is 11.8 Å². The van der Waals surface area contributed by atoms with Crippen LogP contribution in [0.1, 0.15) is 32.9 Å². The first-order valence-electron chi connectivity index (χ1n) is 9.14. The highest BCUT2D eigenvalue weighted by Gasteiger charge is 1.92. The van der Waals surface area contributed by atoms with E-state index in [0.717, 1.165) is 0 Å². The molecule has 0 fully saturated rings. The zero-order valence-corrected chi connectivity index (χ0v) is 4.89. The summed E-state index contributed by atoms with van der Waals surface area (Å²) in [6.07, 6.45) is 0. The maximum Gasteiger partial charge on any atom is 0.104 e. The van der Waals surface area contributed by atoms with E-state index < -0.39 is 44.7 Å². The van der Waals surface area contributed by atoms with Gasteiger partial charge >= 0.3 is 0 Å². The van der Waals surface area contributed by atoms with E-state index in [9.17, 15) is 0 Å². The monoisotopic (exact) mass is 155 g/mol. The van der Waals surface area contributed by atoms with Crippen molar-refractivity contribution in [2.45, 2.75) is 13.7 Å². The maximum absolute atomic E-state index is 8.85. The summed E-state index contributed by atoms with van der Waals surface area (Å²) in [5, 5.41) is 8.85. The molecule has 0 amide bonds. The number of hydrogen-bond acceptors (Lipinski definition) is 2. The molecule has 0 aliphatic heterocycles. The molecule has 2 heteroatoms. The molecule has 0 aromatic carbocycles. The Kier molecular flexibility index (Phi) is 0.890. The van der Waals surface area contributed by atoms with Crippen LogP contribution in [0.4, 0.5) is 0 Å². The highest BCUT2D eigenvalue weighted by Crippen LogP contribution is 1.82. The summed E-state index contributed by atoms with van der Waals surface area (Å²) < 4.78 is 102. The van der Waals surface area contributed by atoms with Crippen LogP contribution in [-0.2, 0) is 0 Å². The molecule has 0 spiro atoms. The highest BCUT2D eigenvalue weighted by molar-refractivity contribution is 5.00. The first-order valence-corrected chi connectivity index (χ1v) is 2.14. The van der Waals surface area contributed by atoms with Gasteiger partial charge < -0.3 is 5.11 Å². The second kappa shape index (κ2) is 6.60. The fraction of sp³-hybridized carbons (Fsp3) is 0.750. The van der Waals surface area contributed by atoms with Crippen LogP contribution in [0.25, 0.3) is 0 Å². The van der Waals surface area contributed by atoms with Gasteiger partial charge in [0.1, 0.15) is 6.56 Å². The molecule has 2 nitrogen and oxygen atoms in total. The molecule has 0 aromatic heterocycles. The minimum atomic E-state index is -3.83. The Labute approximate surface area is 82.5 Å². The van der Waals surface area contributed by atoms with Gasteiger partial charge in [-0.05, 0) is 13.0 Å². The lowest BCUT2D eigenvalue weighted by molar-refractivity contribution is 0.338. The number of rotatable bonds is 3. The van der Waals surface area contributed by atoms with Crippen molar-refractivity contribution in [3.05, 3.63) is 0 Å². The van der Waals surface area contributed by atoms with Crippen molar-refractivity contribution in [1.29, 1.82) is 0 Å². The SMILES string of the molecule is [2H]C([2H])(O)C#CC([2H])([2H])N(C([2H])([2H])C([2H])([2H])[2H])C([2H])([2H])C([2H])([2H])[2H]. The Balaban J connectivity index is 6.53. The molecule has 10 heavy (non-hydrogen) atoms. The van der Waals surface area contributed by atoms with Crippen LogP contribution in [0, 0.1) is 11.8 Å². The molecule has 0 saturated heterocycles. The molecule has 0 bridgehead atoms. The van der Waals surface area contributed by atoms with E-state index in [1.165, 1.54) is 11.8 Å². The Morgan fingerprint density at radius 1 is 1.50 bits per heavy atom. The van der Waals surface area contributed by atoms with E-state index in [4.69, 9.17) is 24.3 Å². The molecule has 0 atom stereocenters. The molecule has 0 unspecified atom stereocenters. The Morgan fingerprint density at radius 3 is 2.70 bits per heavy atom. The quantitative estimate of drug-likeness (QED) is 0.594. The van der Waals surface area contributed by atoms with Gasteiger partial charge in [-0.3, -0.25) is 4.90 Å². The Morgan fingerprint density at radius 2 is 2.20 bits per heavy atom. The highest BCUT2D eigenvalue weighted by atomic mass is 16.2. The second-order valence-electron chi connectivity index (χ2n) is 1.03. The zero-order valence-electron chi connectivity index (χ0n) is 18.9. The van der Waals surface area contributed by atoms with Crippen LogP contribution >= 0.6 is 0 Å². The van der Waals surface area contributed by atoms with Crippen molar-refractivity contribution in [1.82, 2.24) is 4.90 Å². The van der Waals surface area contributed by atoms with Crippen LogP contribution in [0.3, 0.4) is 0 Å². The average molecular weight is 155 g/mol. The molecular weight excluding hydrogens is 126 g/mol. The van der Waals surface area contributed by atoms with Gasteiger partial charge in [-0.15, -0.1) is 0 Å². The summed E-state index contributed by atoms with van der Waals surface area (Å²) in [7, 11) is 0. The van der Waals surface area contributed by atoms with Gasteiger partial charge in [-0.25, -0.2) is 0 Å². The molecular formula is C8H15NO. The van der Waals surface area contributed by atoms with Crippen molar-refractivity contribution >= 4 is 0 Å². The predicted molar refractivity (Wildman–Crippen MR) is 42.6 cm³/mol. The minimum Gasteiger partial charge on any atom is -0.384 e. The molecule has 1 N–H and O–H groups in total. The third-order valence-corrected chi connectivity index (χ3v) is 0.510. The molecule has 58 valence electrons. The standard InChI is InChI=1S/C8H15NO/c1-3-9(4-2)7-5-6-8-10/h10H,3-4,7-8H2,1-2H3/i1D3,2D3,3D2,4D2,7D2,8D2. The summed E-state index contributed by atoms with van der Waals surface area (Å²) >= 11 is 0. The summed E-state index contributed by atoms with van der Waals surface area (Å²) in [6, 6.07) is 0. The third kappa shape index (κ3) is 4.37. The van der Waals surface area contributed by atoms with Crippen molar-refractivity contribution in [2.24, 2.45) is 0 Å². The normalized spacial score (nSPS) is 38.2. The molecule has 0 radical (unpaired) electrons. The molecule has 0 aliphatic rings. The Hall–Kier alpha value is -0.520. The lowest BCUT2D eigenvalue weighted by Crippen LogP contribution is -2.22. The summed E-state index contributed by atoms with van der Waals surface area (Å²) in [4.78, 5) is -0.730. The maximum atomic E-state index is 8.85. The van der Waals surface area contributed by atoms with Crippen LogP contribution in [-0.4, -0.2) is 36.1 Å².